The van der Waals surface area contributed by atoms with Crippen LogP contribution in [-0.2, 0) is 9.53 Å². The summed E-state index contributed by atoms with van der Waals surface area (Å²) in [5.74, 6) is -0.526. The van der Waals surface area contributed by atoms with Crippen LogP contribution in [0.4, 0.5) is 14.4 Å². The van der Waals surface area contributed by atoms with Crippen LogP contribution in [0.5, 0.6) is 0 Å². The number of hydrogen-bond donors (Lipinski definition) is 6. The van der Waals surface area contributed by atoms with Crippen molar-refractivity contribution in [2.24, 2.45) is 4.99 Å². The van der Waals surface area contributed by atoms with Crippen molar-refractivity contribution in [1.29, 1.82) is 0 Å². The second-order valence-corrected chi connectivity index (χ2v) is 14.0. The first-order valence-corrected chi connectivity index (χ1v) is 19.4. The maximum absolute atomic E-state index is 13.1. The summed E-state index contributed by atoms with van der Waals surface area (Å²) in [5, 5.41) is 22.9. The monoisotopic (exact) mass is 697 g/mol. The van der Waals surface area contributed by atoms with Gasteiger partial charge in [-0.15, -0.1) is 4.99 Å². The molecule has 12 nitrogen and oxygen atoms in total. The zero-order valence-corrected chi connectivity index (χ0v) is 31.7. The molecule has 0 bridgehead atoms. The van der Waals surface area contributed by atoms with Gasteiger partial charge in [-0.2, -0.15) is 0 Å². The lowest BCUT2D eigenvalue weighted by molar-refractivity contribution is -0.123. The highest BCUT2D eigenvalue weighted by molar-refractivity contribution is 5.98. The molecule has 286 valence electrons. The van der Waals surface area contributed by atoms with Crippen molar-refractivity contribution in [3.8, 4) is 0 Å². The Labute approximate surface area is 297 Å². The van der Waals surface area contributed by atoms with Crippen molar-refractivity contribution in [3.05, 3.63) is 0 Å². The number of nitrogens with zero attached hydrogens (tertiary/aromatic N) is 1. The largest absolute Gasteiger partial charge is 0.463 e. The van der Waals surface area contributed by atoms with E-state index in [2.05, 4.69) is 45.4 Å². The average molecular weight is 697 g/mol. The van der Waals surface area contributed by atoms with Crippen LogP contribution in [0.25, 0.3) is 0 Å². The van der Waals surface area contributed by atoms with Gasteiger partial charge in [-0.1, -0.05) is 129 Å². The van der Waals surface area contributed by atoms with Gasteiger partial charge in [0.25, 0.3) is 0 Å². The molecular weight excluding hydrogens is 624 g/mol. The summed E-state index contributed by atoms with van der Waals surface area (Å²) in [6.45, 7) is 10.8. The number of unbranched alkanes of at least 4 members (excludes halogenated alkanes) is 18. The zero-order chi connectivity index (χ0) is 36.6. The molecule has 0 saturated heterocycles. The third-order valence-corrected chi connectivity index (χ3v) is 8.06. The first-order chi connectivity index (χ1) is 23.5. The minimum Gasteiger partial charge on any atom is -0.463 e. The van der Waals surface area contributed by atoms with E-state index in [4.69, 9.17) is 9.84 Å². The Kier molecular flexibility index (Phi) is 29.0. The van der Waals surface area contributed by atoms with Crippen LogP contribution in [0.2, 0.25) is 0 Å². The Hall–Kier alpha value is -3.05. The Bertz CT molecular complexity index is 908. The van der Waals surface area contributed by atoms with Crippen LogP contribution in [0.3, 0.4) is 0 Å². The summed E-state index contributed by atoms with van der Waals surface area (Å²) in [5.41, 5.74) is -0.771. The normalized spacial score (nSPS) is 12.2. The van der Waals surface area contributed by atoms with Gasteiger partial charge in [0.05, 0.1) is 0 Å². The molecule has 0 spiro atoms. The van der Waals surface area contributed by atoms with Gasteiger partial charge in [-0.3, -0.25) is 10.1 Å². The molecule has 0 saturated carbocycles. The second-order valence-electron chi connectivity index (χ2n) is 14.0. The summed E-state index contributed by atoms with van der Waals surface area (Å²) < 4.78 is 5.17. The molecule has 0 aliphatic rings. The molecule has 0 rings (SSSR count). The molecule has 0 heterocycles. The molecule has 0 aromatic rings. The van der Waals surface area contributed by atoms with E-state index in [9.17, 15) is 19.2 Å². The quantitative estimate of drug-likeness (QED) is 0.0270. The molecule has 1 atom stereocenters. The van der Waals surface area contributed by atoms with E-state index < -0.39 is 23.8 Å². The van der Waals surface area contributed by atoms with Crippen LogP contribution in [0.1, 0.15) is 176 Å². The third-order valence-electron chi connectivity index (χ3n) is 8.06. The fourth-order valence-electron chi connectivity index (χ4n) is 5.36. The molecule has 0 aromatic heterocycles. The molecule has 0 aromatic carbocycles. The van der Waals surface area contributed by atoms with Crippen molar-refractivity contribution in [3.63, 3.8) is 0 Å². The molecule has 5 amide bonds. The number of nitrogens with one attached hydrogen (secondary N) is 5. The van der Waals surface area contributed by atoms with Crippen molar-refractivity contribution in [1.82, 2.24) is 26.6 Å². The van der Waals surface area contributed by atoms with E-state index in [-0.39, 0.29) is 24.4 Å². The highest BCUT2D eigenvalue weighted by Crippen LogP contribution is 2.12. The third kappa shape index (κ3) is 31.9. The Morgan fingerprint density at radius 2 is 1.04 bits per heavy atom. The predicted octanol–water partition coefficient (Wildman–Crippen LogP) is 8.54. The summed E-state index contributed by atoms with van der Waals surface area (Å²) in [6.07, 6.45) is 22.6. The number of amides is 5. The molecule has 0 radical (unpaired) electrons. The number of alkyl carbamates (subject to hydrolysis) is 1. The highest BCUT2D eigenvalue weighted by atomic mass is 16.6. The maximum Gasteiger partial charge on any atom is 0.434 e. The van der Waals surface area contributed by atoms with Crippen LogP contribution in [0.15, 0.2) is 4.99 Å². The van der Waals surface area contributed by atoms with Crippen molar-refractivity contribution in [2.75, 3.05) is 19.6 Å². The van der Waals surface area contributed by atoms with E-state index in [0.717, 1.165) is 38.5 Å². The molecule has 49 heavy (non-hydrogen) atoms. The fourth-order valence-corrected chi connectivity index (χ4v) is 5.36. The van der Waals surface area contributed by atoms with Crippen molar-refractivity contribution in [2.45, 2.75) is 188 Å². The van der Waals surface area contributed by atoms with Crippen LogP contribution >= 0.6 is 0 Å². The molecule has 0 unspecified atom stereocenters. The topological polar surface area (TPSA) is 170 Å². The summed E-state index contributed by atoms with van der Waals surface area (Å²) in [6, 6.07) is -1.15. The van der Waals surface area contributed by atoms with E-state index in [1.54, 1.807) is 20.8 Å². The molecule has 12 heteroatoms. The van der Waals surface area contributed by atoms with Crippen LogP contribution < -0.4 is 26.6 Å². The lowest BCUT2D eigenvalue weighted by atomic mass is 10.1. The van der Waals surface area contributed by atoms with Crippen molar-refractivity contribution < 1.29 is 29.0 Å². The number of guanidine groups is 1. The van der Waals surface area contributed by atoms with Gasteiger partial charge in [-0.05, 0) is 46.5 Å². The van der Waals surface area contributed by atoms with Gasteiger partial charge in [-0.25, -0.2) is 14.4 Å². The lowest BCUT2D eigenvalue weighted by Gasteiger charge is -2.21. The first-order valence-electron chi connectivity index (χ1n) is 19.4. The van der Waals surface area contributed by atoms with Crippen molar-refractivity contribution >= 4 is 30.1 Å². The van der Waals surface area contributed by atoms with Gasteiger partial charge in [0.15, 0.2) is 0 Å². The summed E-state index contributed by atoms with van der Waals surface area (Å²) >= 11 is 0. The van der Waals surface area contributed by atoms with Gasteiger partial charge >= 0.3 is 18.2 Å². The number of hydrogen-bond acceptors (Lipinski definition) is 5. The molecule has 0 fully saturated rings. The Morgan fingerprint density at radius 1 is 0.612 bits per heavy atom. The molecular formula is C37H72N6O6. The van der Waals surface area contributed by atoms with E-state index in [0.29, 0.717) is 25.9 Å². The van der Waals surface area contributed by atoms with Crippen LogP contribution in [-0.4, -0.2) is 66.5 Å². The zero-order valence-electron chi connectivity index (χ0n) is 31.7. The molecule has 0 aliphatic carbocycles. The summed E-state index contributed by atoms with van der Waals surface area (Å²) in [7, 11) is 0. The second kappa shape index (κ2) is 31.0. The smallest absolute Gasteiger partial charge is 0.434 e. The van der Waals surface area contributed by atoms with E-state index >= 15 is 0 Å². The predicted molar refractivity (Wildman–Crippen MR) is 199 cm³/mol. The number of aliphatic imine (C=N–C) groups is 1. The number of urea groups is 1. The number of rotatable bonds is 28. The van der Waals surface area contributed by atoms with Gasteiger partial charge in [0.2, 0.25) is 11.9 Å². The van der Waals surface area contributed by atoms with Gasteiger partial charge in [0.1, 0.15) is 11.6 Å². The number of carbonyl (C=O) groups is 4. The van der Waals surface area contributed by atoms with E-state index in [1.807, 2.05) is 0 Å². The number of ether oxygens (including phenoxy) is 1. The molecule has 6 N–H and O–H groups in total. The van der Waals surface area contributed by atoms with Gasteiger partial charge in [0, 0.05) is 19.6 Å². The number of carboxylic acid groups (broad SMARTS) is 1. The minimum atomic E-state index is -1.48. The highest BCUT2D eigenvalue weighted by Gasteiger charge is 2.21. The Balaban J connectivity index is 4.74. The maximum atomic E-state index is 13.1. The van der Waals surface area contributed by atoms with E-state index in [1.165, 1.54) is 89.9 Å². The number of carbonyl (C=O) groups excluding carboxylic acids is 3. The van der Waals surface area contributed by atoms with Gasteiger partial charge < -0.3 is 31.1 Å². The Morgan fingerprint density at radius 3 is 1.49 bits per heavy atom. The molecule has 0 aliphatic heterocycles. The lowest BCUT2D eigenvalue weighted by Crippen LogP contribution is -2.50. The SMILES string of the molecule is CCCCCCCCCCCCNC(=O)N[C@@H](CCCN/C(=N\C(=O)O)NC(=O)OC(C)(C)C)C(=O)NCCCCCCCCCCCC. The summed E-state index contributed by atoms with van der Waals surface area (Å²) in [4.78, 5) is 52.5. The first kappa shape index (κ1) is 46.0. The fraction of sp³-hybridized carbons (Fsp3) is 0.865. The average Bonchev–Trinajstić information content (AvgIpc) is 3.02. The van der Waals surface area contributed by atoms with Crippen LogP contribution in [0, 0.1) is 0 Å². The standard InChI is InChI=1S/C37H72N6O6/c1-6-8-10-12-14-16-18-20-22-24-28-38-32(44)31(41-34(45)40-29-25-23-21-19-17-15-13-11-9-7-2)27-26-30-39-33(42-35(46)47)43-36(48)49-37(3,4)5/h31H,6-30H2,1-5H3,(H,38,44)(H,46,47)(H2,40,41,45)(H2,39,42,43,48)/t31-/m0/s1. The minimum absolute atomic E-state index is 0.200.